The molecule has 1 aliphatic carbocycles. The summed E-state index contributed by atoms with van der Waals surface area (Å²) in [4.78, 5) is 18.4. The van der Waals surface area contributed by atoms with Gasteiger partial charge < -0.3 is 9.32 Å². The Balaban J connectivity index is 1.43. The van der Waals surface area contributed by atoms with Gasteiger partial charge in [0.2, 0.25) is 0 Å². The lowest BCUT2D eigenvalue weighted by atomic mass is 9.85. The molecule has 2 atom stereocenters. The van der Waals surface area contributed by atoms with Crippen molar-refractivity contribution in [2.75, 3.05) is 19.6 Å². The van der Waals surface area contributed by atoms with Gasteiger partial charge in [-0.1, -0.05) is 43.5 Å². The number of carbonyl (C=O) groups is 1. The number of hydrogen-bond acceptors (Lipinski definition) is 3. The second kappa shape index (κ2) is 11.0. The highest BCUT2D eigenvalue weighted by molar-refractivity contribution is 5.94. The zero-order valence-electron chi connectivity index (χ0n) is 21.5. The summed E-state index contributed by atoms with van der Waals surface area (Å²) in [6.45, 7) is 7.52. The van der Waals surface area contributed by atoms with Crippen molar-refractivity contribution in [2.24, 2.45) is 5.92 Å². The van der Waals surface area contributed by atoms with Gasteiger partial charge in [0, 0.05) is 37.2 Å². The van der Waals surface area contributed by atoms with Crippen molar-refractivity contribution in [1.82, 2.24) is 9.80 Å². The summed E-state index contributed by atoms with van der Waals surface area (Å²) in [5, 5.41) is 0. The van der Waals surface area contributed by atoms with Crippen molar-refractivity contribution in [3.8, 4) is 0 Å². The van der Waals surface area contributed by atoms with E-state index in [9.17, 15) is 9.18 Å². The van der Waals surface area contributed by atoms with Crippen LogP contribution in [0.2, 0.25) is 0 Å². The highest BCUT2D eigenvalue weighted by Crippen LogP contribution is 2.37. The molecule has 4 nitrogen and oxygen atoms in total. The first kappa shape index (κ1) is 24.8. The summed E-state index contributed by atoms with van der Waals surface area (Å²) in [6.07, 6.45) is 5.65. The minimum absolute atomic E-state index is 0.0329. The Bertz CT molecular complexity index is 1170. The second-order valence-electron chi connectivity index (χ2n) is 10.7. The molecule has 0 unspecified atom stereocenters. The molecule has 0 radical (unpaired) electrons. The monoisotopic (exact) mass is 488 g/mol. The predicted molar refractivity (Wildman–Crippen MR) is 140 cm³/mol. The molecule has 2 fully saturated rings. The van der Waals surface area contributed by atoms with Gasteiger partial charge in [-0.3, -0.25) is 9.69 Å². The summed E-state index contributed by atoms with van der Waals surface area (Å²) >= 11 is 0. The first-order valence-corrected chi connectivity index (χ1v) is 13.4. The van der Waals surface area contributed by atoms with E-state index in [1.807, 2.05) is 13.0 Å². The molecule has 36 heavy (non-hydrogen) atoms. The fourth-order valence-corrected chi connectivity index (χ4v) is 6.22. The van der Waals surface area contributed by atoms with Crippen LogP contribution in [-0.2, 0) is 6.54 Å². The van der Waals surface area contributed by atoms with Crippen LogP contribution in [0.5, 0.6) is 0 Å². The molecule has 2 heterocycles. The van der Waals surface area contributed by atoms with E-state index in [1.54, 1.807) is 12.1 Å². The Morgan fingerprint density at radius 1 is 0.972 bits per heavy atom. The number of nitrogens with zero attached hydrogens (tertiary/aromatic N) is 2. The highest BCUT2D eigenvalue weighted by Gasteiger charge is 2.38. The third-order valence-electron chi connectivity index (χ3n) is 8.08. The van der Waals surface area contributed by atoms with Gasteiger partial charge in [-0.2, -0.15) is 0 Å². The molecule has 0 bridgehead atoms. The van der Waals surface area contributed by atoms with E-state index in [0.717, 1.165) is 56.8 Å². The molecule has 1 aromatic heterocycles. The molecule has 2 aliphatic rings. The van der Waals surface area contributed by atoms with Crippen LogP contribution >= 0.6 is 0 Å². The molecule has 3 aromatic rings. The van der Waals surface area contributed by atoms with Crippen molar-refractivity contribution in [3.63, 3.8) is 0 Å². The van der Waals surface area contributed by atoms with E-state index < -0.39 is 0 Å². The van der Waals surface area contributed by atoms with Crippen LogP contribution < -0.4 is 0 Å². The third-order valence-corrected chi connectivity index (χ3v) is 8.08. The maximum atomic E-state index is 13.8. The molecule has 1 amide bonds. The van der Waals surface area contributed by atoms with Crippen molar-refractivity contribution in [3.05, 3.63) is 94.7 Å². The zero-order valence-corrected chi connectivity index (χ0v) is 21.5. The van der Waals surface area contributed by atoms with E-state index in [-0.39, 0.29) is 17.8 Å². The Morgan fingerprint density at radius 2 is 1.72 bits per heavy atom. The fourth-order valence-electron chi connectivity index (χ4n) is 6.22. The molecular weight excluding hydrogens is 451 g/mol. The lowest BCUT2D eigenvalue weighted by Gasteiger charge is -2.37. The molecule has 5 rings (SSSR count). The maximum absolute atomic E-state index is 13.8. The van der Waals surface area contributed by atoms with E-state index in [2.05, 4.69) is 47.1 Å². The lowest BCUT2D eigenvalue weighted by Crippen LogP contribution is -2.45. The van der Waals surface area contributed by atoms with Crippen molar-refractivity contribution in [1.29, 1.82) is 0 Å². The van der Waals surface area contributed by atoms with Crippen LogP contribution in [0.1, 0.15) is 71.0 Å². The molecule has 1 saturated heterocycles. The van der Waals surface area contributed by atoms with Gasteiger partial charge in [0.15, 0.2) is 0 Å². The topological polar surface area (TPSA) is 36.7 Å². The Hall–Kier alpha value is -2.92. The number of halogens is 1. The molecule has 2 aromatic carbocycles. The minimum Gasteiger partial charge on any atom is -0.465 e. The van der Waals surface area contributed by atoms with Gasteiger partial charge in [0.25, 0.3) is 5.91 Å². The fraction of sp³-hybridized carbons (Fsp3) is 0.452. The Kier molecular flexibility index (Phi) is 7.56. The van der Waals surface area contributed by atoms with Gasteiger partial charge >= 0.3 is 0 Å². The smallest absolute Gasteiger partial charge is 0.254 e. The normalized spacial score (nSPS) is 21.1. The molecule has 1 aliphatic heterocycles. The van der Waals surface area contributed by atoms with Crippen LogP contribution in [0.3, 0.4) is 0 Å². The van der Waals surface area contributed by atoms with Crippen molar-refractivity contribution in [2.45, 2.75) is 64.5 Å². The van der Waals surface area contributed by atoms with Gasteiger partial charge in [-0.05, 0) is 80.1 Å². The van der Waals surface area contributed by atoms with Crippen molar-refractivity contribution < 1.29 is 13.6 Å². The average Bonchev–Trinajstić information content (AvgIpc) is 3.48. The third kappa shape index (κ3) is 5.57. The van der Waals surface area contributed by atoms with E-state index in [4.69, 9.17) is 4.42 Å². The van der Waals surface area contributed by atoms with Gasteiger partial charge in [0.05, 0.1) is 6.54 Å². The molecule has 0 N–H and O–H groups in total. The zero-order chi connectivity index (χ0) is 25.1. The number of benzene rings is 2. The average molecular weight is 489 g/mol. The number of furan rings is 1. The number of hydrogen-bond donors (Lipinski definition) is 0. The predicted octanol–water partition coefficient (Wildman–Crippen LogP) is 6.73. The Labute approximate surface area is 214 Å². The summed E-state index contributed by atoms with van der Waals surface area (Å²) < 4.78 is 19.5. The van der Waals surface area contributed by atoms with Crippen LogP contribution in [0.15, 0.2) is 65.1 Å². The first-order valence-electron chi connectivity index (χ1n) is 13.4. The number of amides is 1. The number of aryl methyl sites for hydroxylation is 2. The van der Waals surface area contributed by atoms with Crippen LogP contribution in [0.4, 0.5) is 4.39 Å². The van der Waals surface area contributed by atoms with Crippen molar-refractivity contribution >= 4 is 5.91 Å². The van der Waals surface area contributed by atoms with Crippen LogP contribution in [0.25, 0.3) is 0 Å². The summed E-state index contributed by atoms with van der Waals surface area (Å²) in [7, 11) is 0. The minimum atomic E-state index is -0.310. The van der Waals surface area contributed by atoms with Gasteiger partial charge in [-0.15, -0.1) is 0 Å². The largest absolute Gasteiger partial charge is 0.465 e. The maximum Gasteiger partial charge on any atom is 0.254 e. The lowest BCUT2D eigenvalue weighted by molar-refractivity contribution is 0.0587. The summed E-state index contributed by atoms with van der Waals surface area (Å²) in [6, 6.07) is 19.0. The van der Waals surface area contributed by atoms with Gasteiger partial charge in [0.1, 0.15) is 17.3 Å². The number of carbonyl (C=O) groups excluding carboxylic acids is 1. The van der Waals surface area contributed by atoms with E-state index >= 15 is 0 Å². The SMILES string of the molecule is Cc1ccc(CN2C[C@@H](CN(C(=O)c3ccc(F)cc3)C3CCCCC3)[C@H](c3ccccc3C)C2)o1. The molecule has 5 heteroatoms. The molecule has 190 valence electrons. The number of likely N-dealkylation sites (tertiary alicyclic amines) is 1. The van der Waals surface area contributed by atoms with Crippen LogP contribution in [-0.4, -0.2) is 41.4 Å². The summed E-state index contributed by atoms with van der Waals surface area (Å²) in [5.74, 6) is 2.30. The highest BCUT2D eigenvalue weighted by atomic mass is 19.1. The molecular formula is C31H37FN2O2. The van der Waals surface area contributed by atoms with E-state index in [0.29, 0.717) is 23.9 Å². The molecule has 1 saturated carbocycles. The number of rotatable bonds is 7. The van der Waals surface area contributed by atoms with Crippen LogP contribution in [0, 0.1) is 25.6 Å². The van der Waals surface area contributed by atoms with E-state index in [1.165, 1.54) is 29.7 Å². The Morgan fingerprint density at radius 3 is 2.42 bits per heavy atom. The second-order valence-corrected chi connectivity index (χ2v) is 10.7. The standard InChI is InChI=1S/C31H37FN2O2/c1-22-8-6-7-11-29(22)30-21-33(20-28-17-12-23(2)36-28)18-25(30)19-34(27-9-4-3-5-10-27)31(35)24-13-15-26(32)16-14-24/h6-8,11-17,25,27,30H,3-5,9-10,18-21H2,1-2H3/t25-,30+/m0/s1. The first-order chi connectivity index (χ1) is 17.5. The molecule has 0 spiro atoms. The summed E-state index contributed by atoms with van der Waals surface area (Å²) in [5.41, 5.74) is 3.26. The quantitative estimate of drug-likeness (QED) is 0.370. The van der Waals surface area contributed by atoms with Gasteiger partial charge in [-0.25, -0.2) is 4.39 Å².